The highest BCUT2D eigenvalue weighted by atomic mass is 35.5. The smallest absolute Gasteiger partial charge is 0.241 e. The van der Waals surface area contributed by atoms with Crippen LogP contribution in [0.3, 0.4) is 0 Å². The Morgan fingerprint density at radius 3 is 2.75 bits per heavy atom. The van der Waals surface area contributed by atoms with Crippen LogP contribution >= 0.6 is 12.4 Å². The summed E-state index contributed by atoms with van der Waals surface area (Å²) in [7, 11) is 0. The van der Waals surface area contributed by atoms with Gasteiger partial charge in [-0.15, -0.1) is 12.4 Å². The molecule has 1 aromatic rings. The SMILES string of the molecule is Cc1cc(F)ccc1NC(=O)[C@H]1CCN1.Cl. The van der Waals surface area contributed by atoms with Crippen molar-refractivity contribution in [1.29, 1.82) is 0 Å². The van der Waals surface area contributed by atoms with Gasteiger partial charge in [0.05, 0.1) is 6.04 Å². The molecule has 1 aromatic carbocycles. The Kier molecular flexibility index (Phi) is 4.26. The van der Waals surface area contributed by atoms with Crippen molar-refractivity contribution in [3.05, 3.63) is 29.6 Å². The summed E-state index contributed by atoms with van der Waals surface area (Å²) in [4.78, 5) is 11.6. The number of amides is 1. The van der Waals surface area contributed by atoms with Crippen molar-refractivity contribution >= 4 is 24.0 Å². The van der Waals surface area contributed by atoms with E-state index in [0.29, 0.717) is 5.69 Å². The molecule has 1 aliphatic heterocycles. The van der Waals surface area contributed by atoms with Gasteiger partial charge in [0.15, 0.2) is 0 Å². The second kappa shape index (κ2) is 5.27. The first-order chi connectivity index (χ1) is 7.16. The molecule has 16 heavy (non-hydrogen) atoms. The number of hydrogen-bond donors (Lipinski definition) is 2. The highest BCUT2D eigenvalue weighted by Crippen LogP contribution is 2.16. The fourth-order valence-electron chi connectivity index (χ4n) is 1.50. The molecule has 1 saturated heterocycles. The molecule has 0 radical (unpaired) electrons. The van der Waals surface area contributed by atoms with E-state index in [1.165, 1.54) is 12.1 Å². The van der Waals surface area contributed by atoms with Gasteiger partial charge in [-0.05, 0) is 43.7 Å². The van der Waals surface area contributed by atoms with Gasteiger partial charge in [-0.2, -0.15) is 0 Å². The maximum absolute atomic E-state index is 12.8. The second-order valence-electron chi connectivity index (χ2n) is 3.74. The summed E-state index contributed by atoms with van der Waals surface area (Å²) in [6.45, 7) is 2.66. The molecule has 2 rings (SSSR count). The third-order valence-corrected chi connectivity index (χ3v) is 2.59. The number of halogens is 2. The fraction of sp³-hybridized carbons (Fsp3) is 0.364. The Morgan fingerprint density at radius 2 is 2.25 bits per heavy atom. The number of benzene rings is 1. The Balaban J connectivity index is 0.00000128. The van der Waals surface area contributed by atoms with Crippen LogP contribution in [0.25, 0.3) is 0 Å². The minimum atomic E-state index is -0.285. The number of carbonyl (C=O) groups is 1. The van der Waals surface area contributed by atoms with E-state index in [9.17, 15) is 9.18 Å². The van der Waals surface area contributed by atoms with Crippen LogP contribution in [0.5, 0.6) is 0 Å². The second-order valence-corrected chi connectivity index (χ2v) is 3.74. The lowest BCUT2D eigenvalue weighted by atomic mass is 10.1. The molecule has 0 bridgehead atoms. The molecule has 88 valence electrons. The maximum atomic E-state index is 12.8. The summed E-state index contributed by atoms with van der Waals surface area (Å²) >= 11 is 0. The maximum Gasteiger partial charge on any atom is 0.241 e. The molecule has 0 aromatic heterocycles. The van der Waals surface area contributed by atoms with Crippen molar-refractivity contribution in [3.8, 4) is 0 Å². The number of rotatable bonds is 2. The van der Waals surface area contributed by atoms with Gasteiger partial charge < -0.3 is 10.6 Å². The fourth-order valence-corrected chi connectivity index (χ4v) is 1.50. The van der Waals surface area contributed by atoms with Gasteiger partial charge in [0.1, 0.15) is 5.82 Å². The predicted octanol–water partition coefficient (Wildman–Crippen LogP) is 1.86. The Hall–Kier alpha value is -1.13. The first-order valence-electron chi connectivity index (χ1n) is 4.97. The average molecular weight is 245 g/mol. The molecule has 0 spiro atoms. The van der Waals surface area contributed by atoms with Crippen LogP contribution in [0, 0.1) is 12.7 Å². The standard InChI is InChI=1S/C11H13FN2O.ClH/c1-7-6-8(12)2-3-9(7)14-11(15)10-4-5-13-10;/h2-3,6,10,13H,4-5H2,1H3,(H,14,15);1H/t10-;/m1./s1. The monoisotopic (exact) mass is 244 g/mol. The lowest BCUT2D eigenvalue weighted by Crippen LogP contribution is -2.50. The molecule has 1 atom stereocenters. The summed E-state index contributed by atoms with van der Waals surface area (Å²) in [5, 5.41) is 5.78. The largest absolute Gasteiger partial charge is 0.324 e. The number of anilines is 1. The van der Waals surface area contributed by atoms with Gasteiger partial charge in [0.2, 0.25) is 5.91 Å². The molecule has 1 aliphatic rings. The van der Waals surface area contributed by atoms with E-state index in [4.69, 9.17) is 0 Å². The first kappa shape index (κ1) is 12.9. The number of carbonyl (C=O) groups excluding carboxylic acids is 1. The molecule has 1 heterocycles. The Morgan fingerprint density at radius 1 is 1.56 bits per heavy atom. The molecule has 2 N–H and O–H groups in total. The third-order valence-electron chi connectivity index (χ3n) is 2.59. The van der Waals surface area contributed by atoms with Crippen molar-refractivity contribution < 1.29 is 9.18 Å². The molecule has 0 aliphatic carbocycles. The number of hydrogen-bond acceptors (Lipinski definition) is 2. The first-order valence-corrected chi connectivity index (χ1v) is 4.97. The summed E-state index contributed by atoms with van der Waals surface area (Å²) < 4.78 is 12.8. The van der Waals surface area contributed by atoms with Crippen LogP contribution in [0.1, 0.15) is 12.0 Å². The summed E-state index contributed by atoms with van der Waals surface area (Å²) in [5.41, 5.74) is 1.41. The van der Waals surface area contributed by atoms with Crippen LogP contribution in [0.2, 0.25) is 0 Å². The molecule has 5 heteroatoms. The quantitative estimate of drug-likeness (QED) is 0.834. The lowest BCUT2D eigenvalue weighted by Gasteiger charge is -2.26. The van der Waals surface area contributed by atoms with Crippen molar-refractivity contribution in [1.82, 2.24) is 5.32 Å². The lowest BCUT2D eigenvalue weighted by molar-refractivity contribution is -0.119. The van der Waals surface area contributed by atoms with Gasteiger partial charge in [0.25, 0.3) is 0 Å². The van der Waals surface area contributed by atoms with E-state index in [-0.39, 0.29) is 30.2 Å². The van der Waals surface area contributed by atoms with Crippen LogP contribution in [-0.2, 0) is 4.79 Å². The zero-order valence-corrected chi connectivity index (χ0v) is 9.73. The molecular weight excluding hydrogens is 231 g/mol. The molecule has 1 amide bonds. The highest BCUT2D eigenvalue weighted by molar-refractivity contribution is 5.95. The van der Waals surface area contributed by atoms with E-state index >= 15 is 0 Å². The van der Waals surface area contributed by atoms with Crippen LogP contribution < -0.4 is 10.6 Å². The topological polar surface area (TPSA) is 41.1 Å². The van der Waals surface area contributed by atoms with Gasteiger partial charge >= 0.3 is 0 Å². The normalized spacial score (nSPS) is 18.2. The van der Waals surface area contributed by atoms with E-state index in [0.717, 1.165) is 18.5 Å². The zero-order chi connectivity index (χ0) is 10.8. The van der Waals surface area contributed by atoms with Crippen molar-refractivity contribution in [2.75, 3.05) is 11.9 Å². The zero-order valence-electron chi connectivity index (χ0n) is 8.92. The van der Waals surface area contributed by atoms with Crippen molar-refractivity contribution in [3.63, 3.8) is 0 Å². The van der Waals surface area contributed by atoms with Gasteiger partial charge in [-0.1, -0.05) is 0 Å². The Labute approximate surface area is 99.8 Å². The highest BCUT2D eigenvalue weighted by Gasteiger charge is 2.24. The van der Waals surface area contributed by atoms with Crippen molar-refractivity contribution in [2.24, 2.45) is 0 Å². The van der Waals surface area contributed by atoms with Gasteiger partial charge in [-0.3, -0.25) is 4.79 Å². The summed E-state index contributed by atoms with van der Waals surface area (Å²) in [5.74, 6) is -0.330. The van der Waals surface area contributed by atoms with Crippen LogP contribution in [0.15, 0.2) is 18.2 Å². The summed E-state index contributed by atoms with van der Waals surface area (Å²) in [6, 6.07) is 4.25. The average Bonchev–Trinajstić information content (AvgIpc) is 2.07. The van der Waals surface area contributed by atoms with E-state index in [1.807, 2.05) is 0 Å². The number of nitrogens with one attached hydrogen (secondary N) is 2. The van der Waals surface area contributed by atoms with E-state index < -0.39 is 0 Å². The van der Waals surface area contributed by atoms with Crippen LogP contribution in [-0.4, -0.2) is 18.5 Å². The van der Waals surface area contributed by atoms with E-state index in [1.54, 1.807) is 13.0 Å². The Bertz CT molecular complexity index is 394. The van der Waals surface area contributed by atoms with Gasteiger partial charge in [0, 0.05) is 5.69 Å². The minimum absolute atomic E-state index is 0. The molecule has 0 saturated carbocycles. The minimum Gasteiger partial charge on any atom is -0.324 e. The predicted molar refractivity (Wildman–Crippen MR) is 63.4 cm³/mol. The van der Waals surface area contributed by atoms with Crippen LogP contribution in [0.4, 0.5) is 10.1 Å². The van der Waals surface area contributed by atoms with E-state index in [2.05, 4.69) is 10.6 Å². The number of aryl methyl sites for hydroxylation is 1. The molecule has 3 nitrogen and oxygen atoms in total. The van der Waals surface area contributed by atoms with Gasteiger partial charge in [-0.25, -0.2) is 4.39 Å². The third kappa shape index (κ3) is 2.71. The van der Waals surface area contributed by atoms with Crippen molar-refractivity contribution in [2.45, 2.75) is 19.4 Å². The molecular formula is C11H14ClFN2O. The summed E-state index contributed by atoms with van der Waals surface area (Å²) in [6.07, 6.45) is 0.867. The molecule has 1 fully saturated rings. The molecule has 0 unspecified atom stereocenters.